The molecule has 0 aliphatic heterocycles. The van der Waals surface area contributed by atoms with E-state index in [0.29, 0.717) is 0 Å². The molecule has 0 spiro atoms. The predicted molar refractivity (Wildman–Crippen MR) is 36.5 cm³/mol. The van der Waals surface area contributed by atoms with Gasteiger partial charge in [-0.15, -0.1) is 0 Å². The molecule has 0 saturated carbocycles. The van der Waals surface area contributed by atoms with E-state index in [-0.39, 0.29) is 6.54 Å². The fourth-order valence-corrected chi connectivity index (χ4v) is 0.394. The molecule has 2 N–H and O–H groups in total. The van der Waals surface area contributed by atoms with Crippen molar-refractivity contribution in [3.8, 4) is 0 Å². The van der Waals surface area contributed by atoms with Gasteiger partial charge in [0.25, 0.3) is 0 Å². The van der Waals surface area contributed by atoms with Crippen molar-refractivity contribution in [3.05, 3.63) is 0 Å². The molecule has 0 aliphatic carbocycles. The summed E-state index contributed by atoms with van der Waals surface area (Å²) in [6.07, 6.45) is -1.28. The van der Waals surface area contributed by atoms with Crippen LogP contribution in [0.3, 0.4) is 0 Å². The summed E-state index contributed by atoms with van der Waals surface area (Å²) >= 11 is 10.2. The first-order valence-electron chi connectivity index (χ1n) is 2.31. The Hall–Kier alpha value is -0.480. The summed E-state index contributed by atoms with van der Waals surface area (Å²) in [6.45, 7) is -0.354. The molecule has 0 heterocycles. The Morgan fingerprint density at radius 2 is 2.00 bits per heavy atom. The molecule has 10 heavy (non-hydrogen) atoms. The first-order chi connectivity index (χ1) is 4.54. The fraction of sp³-hybridized carbons (Fsp3) is 0.500. The van der Waals surface area contributed by atoms with Crippen molar-refractivity contribution in [2.24, 2.45) is 0 Å². The van der Waals surface area contributed by atoms with E-state index in [9.17, 15) is 9.59 Å². The van der Waals surface area contributed by atoms with Gasteiger partial charge in [-0.2, -0.15) is 0 Å². The highest BCUT2D eigenvalue weighted by Crippen LogP contribution is 2.00. The van der Waals surface area contributed by atoms with E-state index in [1.54, 1.807) is 0 Å². The molecule has 58 valence electrons. The second-order valence-corrected chi connectivity index (χ2v) is 2.52. The number of halogens is 2. The first-order valence-corrected chi connectivity index (χ1v) is 3.19. The molecule has 6 heteroatoms. The van der Waals surface area contributed by atoms with Crippen LogP contribution in [0.15, 0.2) is 0 Å². The van der Waals surface area contributed by atoms with E-state index in [0.717, 1.165) is 0 Å². The molecule has 0 aliphatic rings. The average Bonchev–Trinajstić information content (AvgIpc) is 1.82. The number of carboxylic acid groups (broad SMARTS) is 1. The van der Waals surface area contributed by atoms with Gasteiger partial charge >= 0.3 is 6.09 Å². The van der Waals surface area contributed by atoms with Crippen LogP contribution in [0.5, 0.6) is 0 Å². The fourth-order valence-electron chi connectivity index (χ4n) is 0.240. The minimum absolute atomic E-state index is 0.354. The summed E-state index contributed by atoms with van der Waals surface area (Å²) < 4.78 is 0. The molecule has 0 bridgehead atoms. The smallest absolute Gasteiger partial charge is 0.405 e. The van der Waals surface area contributed by atoms with E-state index in [1.165, 1.54) is 0 Å². The minimum Gasteiger partial charge on any atom is -0.465 e. The van der Waals surface area contributed by atoms with Crippen molar-refractivity contribution in [2.75, 3.05) is 6.54 Å². The van der Waals surface area contributed by atoms with E-state index < -0.39 is 16.7 Å². The number of hydrogen-bond acceptors (Lipinski definition) is 2. The normalized spacial score (nSPS) is 9.50. The largest absolute Gasteiger partial charge is 0.465 e. The Labute approximate surface area is 67.1 Å². The summed E-state index contributed by atoms with van der Waals surface area (Å²) in [5, 5.41) is 9.82. The molecule has 0 aromatic heterocycles. The highest BCUT2D eigenvalue weighted by molar-refractivity contribution is 6.53. The third kappa shape index (κ3) is 4.40. The highest BCUT2D eigenvalue weighted by atomic mass is 35.5. The monoisotopic (exact) mass is 185 g/mol. The number of amides is 1. The van der Waals surface area contributed by atoms with Crippen molar-refractivity contribution in [1.82, 2.24) is 5.32 Å². The van der Waals surface area contributed by atoms with Crippen LogP contribution in [0.2, 0.25) is 0 Å². The third-order valence-corrected chi connectivity index (χ3v) is 1.14. The Morgan fingerprint density at radius 3 is 2.30 bits per heavy atom. The second kappa shape index (κ2) is 4.35. The van der Waals surface area contributed by atoms with Gasteiger partial charge in [-0.25, -0.2) is 4.79 Å². The molecular weight excluding hydrogens is 181 g/mol. The number of alkyl halides is 2. The van der Waals surface area contributed by atoms with Crippen LogP contribution in [0, 0.1) is 0 Å². The zero-order valence-electron chi connectivity index (χ0n) is 4.80. The summed E-state index contributed by atoms with van der Waals surface area (Å²) in [4.78, 5) is 19.1. The van der Waals surface area contributed by atoms with Gasteiger partial charge in [0.1, 0.15) is 0 Å². The topological polar surface area (TPSA) is 66.4 Å². The lowest BCUT2D eigenvalue weighted by molar-refractivity contribution is -0.116. The average molecular weight is 186 g/mol. The zero-order chi connectivity index (χ0) is 8.15. The molecule has 0 unspecified atom stereocenters. The number of Topliss-reactive ketones (excluding diaryl/α,β-unsaturated/α-hetero) is 1. The number of rotatable bonds is 3. The minimum atomic E-state index is -1.28. The Kier molecular flexibility index (Phi) is 4.14. The lowest BCUT2D eigenvalue weighted by Crippen LogP contribution is -2.30. The number of carbonyl (C=O) groups is 2. The Morgan fingerprint density at radius 1 is 1.50 bits per heavy atom. The molecule has 4 nitrogen and oxygen atoms in total. The quantitative estimate of drug-likeness (QED) is 0.635. The van der Waals surface area contributed by atoms with Gasteiger partial charge in [-0.3, -0.25) is 4.79 Å². The maximum atomic E-state index is 10.5. The standard InChI is InChI=1S/C4H5Cl2NO3/c5-3(6)2(8)1-7-4(9)10/h3,7H,1H2,(H,9,10). The van der Waals surface area contributed by atoms with Crippen LogP contribution in [-0.4, -0.2) is 28.4 Å². The molecule has 0 fully saturated rings. The maximum Gasteiger partial charge on any atom is 0.405 e. The van der Waals surface area contributed by atoms with E-state index in [2.05, 4.69) is 0 Å². The molecule has 0 aromatic carbocycles. The number of carbonyl (C=O) groups excluding carboxylic acids is 1. The Bertz CT molecular complexity index is 147. The molecule has 0 atom stereocenters. The van der Waals surface area contributed by atoms with Crippen LogP contribution in [0.4, 0.5) is 4.79 Å². The molecular formula is C4H5Cl2NO3. The number of ketones is 1. The van der Waals surface area contributed by atoms with Crippen LogP contribution in [0.1, 0.15) is 0 Å². The van der Waals surface area contributed by atoms with E-state index in [4.69, 9.17) is 28.3 Å². The third-order valence-electron chi connectivity index (χ3n) is 0.657. The SMILES string of the molecule is O=C(O)NCC(=O)C(Cl)Cl. The number of hydrogen-bond donors (Lipinski definition) is 2. The van der Waals surface area contributed by atoms with Crippen LogP contribution < -0.4 is 5.32 Å². The summed E-state index contributed by atoms with van der Waals surface area (Å²) in [6, 6.07) is 0. The van der Waals surface area contributed by atoms with Crippen molar-refractivity contribution >= 4 is 35.1 Å². The summed E-state index contributed by atoms with van der Waals surface area (Å²) in [5.41, 5.74) is 0. The highest BCUT2D eigenvalue weighted by Gasteiger charge is 2.11. The summed E-state index contributed by atoms with van der Waals surface area (Å²) in [7, 11) is 0. The molecule has 1 amide bonds. The molecule has 0 saturated heterocycles. The summed E-state index contributed by atoms with van der Waals surface area (Å²) in [5.74, 6) is -0.564. The van der Waals surface area contributed by atoms with Crippen molar-refractivity contribution in [3.63, 3.8) is 0 Å². The van der Waals surface area contributed by atoms with Crippen molar-refractivity contribution in [2.45, 2.75) is 4.84 Å². The Balaban J connectivity index is 3.50. The van der Waals surface area contributed by atoms with Gasteiger partial charge in [0.05, 0.1) is 6.54 Å². The lowest BCUT2D eigenvalue weighted by Gasteiger charge is -1.98. The van der Waals surface area contributed by atoms with Crippen LogP contribution >= 0.6 is 23.2 Å². The van der Waals surface area contributed by atoms with Gasteiger partial charge in [-0.1, -0.05) is 23.2 Å². The van der Waals surface area contributed by atoms with Crippen LogP contribution in [0.25, 0.3) is 0 Å². The van der Waals surface area contributed by atoms with Gasteiger partial charge in [-0.05, 0) is 0 Å². The molecule has 0 aromatic rings. The van der Waals surface area contributed by atoms with E-state index >= 15 is 0 Å². The predicted octanol–water partition coefficient (Wildman–Crippen LogP) is 0.627. The van der Waals surface area contributed by atoms with E-state index in [1.807, 2.05) is 5.32 Å². The van der Waals surface area contributed by atoms with Gasteiger partial charge in [0, 0.05) is 0 Å². The van der Waals surface area contributed by atoms with Gasteiger partial charge in [0.2, 0.25) is 0 Å². The van der Waals surface area contributed by atoms with Crippen LogP contribution in [-0.2, 0) is 4.79 Å². The van der Waals surface area contributed by atoms with Gasteiger partial charge < -0.3 is 10.4 Å². The molecule has 0 radical (unpaired) electrons. The van der Waals surface area contributed by atoms with Crippen molar-refractivity contribution in [1.29, 1.82) is 0 Å². The maximum absolute atomic E-state index is 10.5. The zero-order valence-corrected chi connectivity index (χ0v) is 6.32. The van der Waals surface area contributed by atoms with Gasteiger partial charge in [0.15, 0.2) is 10.6 Å². The van der Waals surface area contributed by atoms with Crippen molar-refractivity contribution < 1.29 is 14.7 Å². The lowest BCUT2D eigenvalue weighted by atomic mass is 10.4. The molecule has 0 rings (SSSR count). The number of nitrogens with one attached hydrogen (secondary N) is 1. The second-order valence-electron chi connectivity index (χ2n) is 1.43. The first kappa shape index (κ1) is 9.52.